The topological polar surface area (TPSA) is 12.9 Å². The summed E-state index contributed by atoms with van der Waals surface area (Å²) in [5.41, 5.74) is 0. The minimum atomic E-state index is 0.847. The first kappa shape index (κ1) is 11.5. The van der Waals surface area contributed by atoms with Crippen LogP contribution in [-0.2, 0) is 23.7 Å². The van der Waals surface area contributed by atoms with E-state index in [4.69, 9.17) is 9.69 Å². The predicted molar refractivity (Wildman–Crippen MR) is 45.4 cm³/mol. The van der Waals surface area contributed by atoms with E-state index < -0.39 is 0 Å². The van der Waals surface area contributed by atoms with Crippen LogP contribution in [0.5, 0.6) is 0 Å². The molecule has 11 heavy (non-hydrogen) atoms. The van der Waals surface area contributed by atoms with Gasteiger partial charge in [-0.3, -0.25) is 0 Å². The van der Waals surface area contributed by atoms with Crippen molar-refractivity contribution < 1.29 is 17.3 Å². The Kier molecular flexibility index (Phi) is 9.06. The summed E-state index contributed by atoms with van der Waals surface area (Å²) in [5, 5.41) is 3.13. The molecular weight excluding hydrogens is 231 g/mol. The van der Waals surface area contributed by atoms with Crippen LogP contribution in [0.15, 0.2) is 5.38 Å². The van der Waals surface area contributed by atoms with E-state index in [0.29, 0.717) is 0 Å². The fourth-order valence-electron chi connectivity index (χ4n) is 0.662. The van der Waals surface area contributed by atoms with Gasteiger partial charge in [0, 0.05) is 0 Å². The summed E-state index contributed by atoms with van der Waals surface area (Å²) in [6.45, 7) is 2.19. The molecule has 0 atom stereocenters. The average molecular weight is 241 g/mol. The van der Waals surface area contributed by atoms with E-state index in [2.05, 4.69) is 18.1 Å². The van der Waals surface area contributed by atoms with Crippen molar-refractivity contribution in [2.75, 3.05) is 0 Å². The van der Waals surface area contributed by atoms with Gasteiger partial charge in [0.15, 0.2) is 0 Å². The Morgan fingerprint density at radius 3 is 2.91 bits per heavy atom. The number of nitrogens with zero attached hydrogens (tertiary/aromatic N) is 1. The van der Waals surface area contributed by atoms with Crippen molar-refractivity contribution in [1.82, 2.24) is 4.98 Å². The molecule has 0 aliphatic carbocycles. The summed E-state index contributed by atoms with van der Waals surface area (Å²) in [4.78, 5) is 4.05. The summed E-state index contributed by atoms with van der Waals surface area (Å²) in [7, 11) is 4.76. The van der Waals surface area contributed by atoms with Gasteiger partial charge in [0.1, 0.15) is 0 Å². The zero-order valence-corrected chi connectivity index (χ0v) is 11.2. The molecule has 1 nitrogen and oxygen atoms in total. The minimum absolute atomic E-state index is 0.847. The third kappa shape index (κ3) is 5.78. The molecule has 0 aliphatic heterocycles. The molecule has 0 saturated heterocycles. The first-order valence-electron chi connectivity index (χ1n) is 3.50. The summed E-state index contributed by atoms with van der Waals surface area (Å²) in [6, 6.07) is 0. The van der Waals surface area contributed by atoms with Crippen LogP contribution in [-0.4, -0.2) is 4.98 Å². The quantitative estimate of drug-likeness (QED) is 0.585. The van der Waals surface area contributed by atoms with Crippen LogP contribution in [0.2, 0.25) is 0 Å². The van der Waals surface area contributed by atoms with Crippen molar-refractivity contribution >= 4 is 21.0 Å². The zero-order chi connectivity index (χ0) is 8.53. The van der Waals surface area contributed by atoms with Crippen molar-refractivity contribution in [1.29, 1.82) is 0 Å². The van der Waals surface area contributed by atoms with Gasteiger partial charge in [-0.15, -0.1) is 6.20 Å². The predicted octanol–water partition coefficient (Wildman–Crippen LogP) is 2.97. The molecule has 0 spiro atoms. The van der Waals surface area contributed by atoms with Gasteiger partial charge in [-0.05, 0) is 0 Å². The van der Waals surface area contributed by atoms with Crippen LogP contribution in [0.3, 0.4) is 0 Å². The molecular formula is C7H10ClNSZn. The number of rotatable bonds is 3. The Bertz CT molecular complexity index is 155. The van der Waals surface area contributed by atoms with Crippen LogP contribution >= 0.6 is 21.0 Å². The van der Waals surface area contributed by atoms with Crippen LogP contribution in [0.4, 0.5) is 0 Å². The fourth-order valence-corrected chi connectivity index (χ4v) is 1.27. The van der Waals surface area contributed by atoms with Crippen LogP contribution in [0, 0.1) is 6.20 Å². The molecule has 1 heterocycles. The molecule has 1 rings (SSSR count). The number of aromatic nitrogens is 1. The third-order valence-electron chi connectivity index (χ3n) is 1.18. The van der Waals surface area contributed by atoms with Crippen molar-refractivity contribution in [3.8, 4) is 0 Å². The number of unbranched alkanes of at least 4 members (excludes halogenated alkanes) is 1. The molecule has 0 fully saturated rings. The van der Waals surface area contributed by atoms with E-state index in [1.165, 1.54) is 17.8 Å². The number of hydrogen-bond acceptors (Lipinski definition) is 2. The molecule has 0 aromatic carbocycles. The molecule has 0 radical (unpaired) electrons. The molecule has 0 aliphatic rings. The van der Waals surface area contributed by atoms with Crippen LogP contribution in [0.1, 0.15) is 24.8 Å². The molecule has 1 aromatic heterocycles. The normalized spacial score (nSPS) is 8.73. The third-order valence-corrected chi connectivity index (χ3v) is 1.97. The second-order valence-corrected chi connectivity index (χ2v) is 2.92. The summed E-state index contributed by atoms with van der Waals surface area (Å²) in [6.07, 6.45) is 6.44. The van der Waals surface area contributed by atoms with Gasteiger partial charge in [0.2, 0.25) is 0 Å². The van der Waals surface area contributed by atoms with Crippen LogP contribution < -0.4 is 0 Å². The molecule has 0 saturated carbocycles. The summed E-state index contributed by atoms with van der Waals surface area (Å²) in [5.74, 6) is 0. The number of hydrogen-bond donors (Lipinski definition) is 0. The molecule has 0 amide bonds. The Morgan fingerprint density at radius 2 is 2.45 bits per heavy atom. The monoisotopic (exact) mass is 239 g/mol. The van der Waals surface area contributed by atoms with Gasteiger partial charge >= 0.3 is 27.0 Å². The number of aryl methyl sites for hydroxylation is 1. The number of thiazole rings is 1. The zero-order valence-electron chi connectivity index (χ0n) is 6.64. The second kappa shape index (κ2) is 8.64. The van der Waals surface area contributed by atoms with E-state index in [-0.39, 0.29) is 0 Å². The van der Waals surface area contributed by atoms with E-state index in [9.17, 15) is 0 Å². The standard InChI is InChI=1S/C7H10NS.ClH.Zn/c1-2-3-4-7-8-5-6-9-7;;/h6H,2-4H2,1H3;1H;/q-1;;+2/p-1. The fraction of sp³-hybridized carbons (Fsp3) is 0.571. The van der Waals surface area contributed by atoms with Crippen molar-refractivity contribution in [2.45, 2.75) is 26.2 Å². The van der Waals surface area contributed by atoms with Gasteiger partial charge in [-0.1, -0.05) is 36.6 Å². The van der Waals surface area contributed by atoms with Gasteiger partial charge in [0.05, 0.1) is 0 Å². The second-order valence-electron chi connectivity index (χ2n) is 1.97. The Hall–Kier alpha value is 0.543. The Labute approximate surface area is 85.9 Å². The van der Waals surface area contributed by atoms with E-state index in [1.54, 1.807) is 11.3 Å². The van der Waals surface area contributed by atoms with Crippen molar-refractivity contribution in [2.24, 2.45) is 0 Å². The van der Waals surface area contributed by atoms with Crippen molar-refractivity contribution in [3.05, 3.63) is 16.6 Å². The Morgan fingerprint density at radius 1 is 1.73 bits per heavy atom. The van der Waals surface area contributed by atoms with Gasteiger partial charge in [-0.25, -0.2) is 11.3 Å². The number of halogens is 1. The maximum absolute atomic E-state index is 4.76. The van der Waals surface area contributed by atoms with E-state index in [1.807, 2.05) is 5.38 Å². The molecule has 1 aromatic rings. The van der Waals surface area contributed by atoms with E-state index in [0.717, 1.165) is 23.7 Å². The van der Waals surface area contributed by atoms with E-state index >= 15 is 0 Å². The molecule has 0 unspecified atom stereocenters. The molecule has 0 bridgehead atoms. The van der Waals surface area contributed by atoms with Crippen LogP contribution in [0.25, 0.3) is 0 Å². The SMILES string of the molecule is CCCCc1n[c-]cs1.[Cl][Zn+]. The molecule has 0 N–H and O–H groups in total. The van der Waals surface area contributed by atoms with Crippen molar-refractivity contribution in [3.63, 3.8) is 0 Å². The van der Waals surface area contributed by atoms with Gasteiger partial charge in [0.25, 0.3) is 0 Å². The van der Waals surface area contributed by atoms with Gasteiger partial charge < -0.3 is 4.98 Å². The van der Waals surface area contributed by atoms with Gasteiger partial charge in [-0.2, -0.15) is 0 Å². The molecule has 58 valence electrons. The average Bonchev–Trinajstić information content (AvgIpc) is 2.57. The molecule has 4 heteroatoms. The summed E-state index contributed by atoms with van der Waals surface area (Å²) >= 11 is 2.54. The maximum atomic E-state index is 4.76. The first-order chi connectivity index (χ1) is 5.43. The first-order valence-corrected chi connectivity index (χ1v) is 8.28. The summed E-state index contributed by atoms with van der Waals surface area (Å²) < 4.78 is 0. The Balaban J connectivity index is 0.000000461.